The molecule has 3 aliphatic heterocycles. The number of carbonyl (C=O) groups excluding carboxylic acids is 1. The Balaban J connectivity index is 1.43. The Morgan fingerprint density at radius 1 is 1.43 bits per heavy atom. The van der Waals surface area contributed by atoms with Crippen LogP contribution in [0.1, 0.15) is 24.3 Å². The molecule has 1 aromatic carbocycles. The van der Waals surface area contributed by atoms with Gasteiger partial charge in [0.25, 0.3) is 0 Å². The molecule has 110 valence electrons. The van der Waals surface area contributed by atoms with Crippen LogP contribution in [-0.2, 0) is 14.3 Å². The Kier molecular flexibility index (Phi) is 2.89. The van der Waals surface area contributed by atoms with Gasteiger partial charge in [-0.15, -0.1) is 0 Å². The molecule has 0 radical (unpaired) electrons. The van der Waals surface area contributed by atoms with E-state index in [9.17, 15) is 9.90 Å². The van der Waals surface area contributed by atoms with Crippen LogP contribution in [-0.4, -0.2) is 35.9 Å². The molecule has 4 atom stereocenters. The van der Waals surface area contributed by atoms with E-state index in [1.54, 1.807) is 0 Å². The van der Waals surface area contributed by atoms with Gasteiger partial charge in [-0.3, -0.25) is 4.79 Å². The van der Waals surface area contributed by atoms with Crippen LogP contribution in [0.15, 0.2) is 41.8 Å². The van der Waals surface area contributed by atoms with Crippen LogP contribution < -0.4 is 5.32 Å². The first-order valence-electron chi connectivity index (χ1n) is 7.29. The lowest BCUT2D eigenvalue weighted by Crippen LogP contribution is -2.41. The first-order valence-corrected chi connectivity index (χ1v) is 7.29. The Hall–Kier alpha value is -2.01. The maximum Gasteiger partial charge on any atom is 0.316 e. The van der Waals surface area contributed by atoms with Crippen LogP contribution in [0.25, 0.3) is 0 Å². The van der Waals surface area contributed by atoms with Crippen LogP contribution in [0.4, 0.5) is 0 Å². The van der Waals surface area contributed by atoms with Crippen molar-refractivity contribution < 1.29 is 19.4 Å². The Bertz CT molecular complexity index is 598. The third kappa shape index (κ3) is 2.17. The summed E-state index contributed by atoms with van der Waals surface area (Å²) in [5, 5.41) is 12.9. The van der Waals surface area contributed by atoms with Gasteiger partial charge < -0.3 is 19.9 Å². The fraction of sp³-hybridized carbons (Fsp3) is 0.438. The fourth-order valence-corrected chi connectivity index (χ4v) is 3.25. The van der Waals surface area contributed by atoms with Gasteiger partial charge in [0.1, 0.15) is 12.0 Å². The predicted molar refractivity (Wildman–Crippen MR) is 74.2 cm³/mol. The van der Waals surface area contributed by atoms with E-state index in [4.69, 9.17) is 9.47 Å². The van der Waals surface area contributed by atoms with Gasteiger partial charge in [0.05, 0.1) is 18.3 Å². The molecule has 4 rings (SSSR count). The van der Waals surface area contributed by atoms with Gasteiger partial charge in [0.2, 0.25) is 0 Å². The summed E-state index contributed by atoms with van der Waals surface area (Å²) in [4.78, 5) is 12.3. The first-order chi connectivity index (χ1) is 10.3. The molecular formula is C16H17NO4. The predicted octanol–water partition coefficient (Wildman–Crippen LogP) is 1.05. The maximum atomic E-state index is 12.3. The highest BCUT2D eigenvalue weighted by molar-refractivity contribution is 5.78. The van der Waals surface area contributed by atoms with E-state index < -0.39 is 5.92 Å². The molecule has 3 heterocycles. The largest absolute Gasteiger partial charge is 0.479 e. The molecule has 21 heavy (non-hydrogen) atoms. The standard InChI is InChI=1S/C16H17NO4/c18-8-11(9-4-2-1-3-5-9)16(19)20-10-6-12-14-15(21-14)13(7-10)17-12/h1-5,10-12,14,17-18H,6-8H2. The Morgan fingerprint density at radius 2 is 2.24 bits per heavy atom. The molecule has 2 fully saturated rings. The minimum atomic E-state index is -0.609. The molecule has 3 aliphatic rings. The van der Waals surface area contributed by atoms with Crippen LogP contribution in [0.2, 0.25) is 0 Å². The number of aliphatic hydroxyl groups excluding tert-OH is 1. The molecule has 2 saturated heterocycles. The summed E-state index contributed by atoms with van der Waals surface area (Å²) in [7, 11) is 0. The molecule has 4 unspecified atom stereocenters. The molecule has 0 aliphatic carbocycles. The molecule has 0 saturated carbocycles. The second kappa shape index (κ2) is 4.77. The maximum absolute atomic E-state index is 12.3. The number of hydrogen-bond acceptors (Lipinski definition) is 5. The van der Waals surface area contributed by atoms with E-state index >= 15 is 0 Å². The van der Waals surface area contributed by atoms with Crippen molar-refractivity contribution in [3.63, 3.8) is 0 Å². The van der Waals surface area contributed by atoms with Gasteiger partial charge in [-0.05, 0) is 5.56 Å². The molecule has 1 aromatic rings. The lowest BCUT2D eigenvalue weighted by atomic mass is 9.99. The van der Waals surface area contributed by atoms with E-state index in [0.29, 0.717) is 6.42 Å². The summed E-state index contributed by atoms with van der Waals surface area (Å²) >= 11 is 0. The van der Waals surface area contributed by atoms with Crippen LogP contribution in [0.3, 0.4) is 0 Å². The number of benzene rings is 1. The van der Waals surface area contributed by atoms with Crippen LogP contribution in [0, 0.1) is 0 Å². The molecular weight excluding hydrogens is 270 g/mol. The minimum Gasteiger partial charge on any atom is -0.479 e. The number of epoxide rings is 1. The van der Waals surface area contributed by atoms with Crippen molar-refractivity contribution in [2.24, 2.45) is 0 Å². The van der Waals surface area contributed by atoms with Gasteiger partial charge in [-0.1, -0.05) is 30.3 Å². The van der Waals surface area contributed by atoms with Crippen LogP contribution >= 0.6 is 0 Å². The number of hydrogen-bond donors (Lipinski definition) is 2. The zero-order valence-electron chi connectivity index (χ0n) is 11.5. The summed E-state index contributed by atoms with van der Waals surface area (Å²) in [6, 6.07) is 9.50. The number of carbonyl (C=O) groups is 1. The van der Waals surface area contributed by atoms with Gasteiger partial charge in [-0.2, -0.15) is 0 Å². The molecule has 2 N–H and O–H groups in total. The number of piperidine rings is 1. The van der Waals surface area contributed by atoms with Gasteiger partial charge in [-0.25, -0.2) is 0 Å². The van der Waals surface area contributed by atoms with Crippen molar-refractivity contribution in [2.75, 3.05) is 6.61 Å². The number of nitrogens with one attached hydrogen (secondary N) is 1. The van der Waals surface area contributed by atoms with Crippen LogP contribution in [0.5, 0.6) is 0 Å². The number of fused-ring (bicyclic) bond motifs is 4. The summed E-state index contributed by atoms with van der Waals surface area (Å²) in [6.07, 6.45) is 1.52. The zero-order valence-corrected chi connectivity index (χ0v) is 11.5. The van der Waals surface area contributed by atoms with Crippen molar-refractivity contribution in [1.82, 2.24) is 5.32 Å². The van der Waals surface area contributed by atoms with Crippen molar-refractivity contribution in [3.8, 4) is 0 Å². The molecule has 0 amide bonds. The van der Waals surface area contributed by atoms with Crippen molar-refractivity contribution in [3.05, 3.63) is 47.4 Å². The summed E-state index contributed by atoms with van der Waals surface area (Å²) in [6.45, 7) is -0.239. The SMILES string of the molecule is O=C(OC1CC2=C3OC3C(C1)N2)C(CO)c1ccccc1. The van der Waals surface area contributed by atoms with Gasteiger partial charge in [0, 0.05) is 12.8 Å². The second-order valence-electron chi connectivity index (χ2n) is 5.78. The zero-order chi connectivity index (χ0) is 14.4. The van der Waals surface area contributed by atoms with E-state index in [1.807, 2.05) is 30.3 Å². The second-order valence-corrected chi connectivity index (χ2v) is 5.78. The topological polar surface area (TPSA) is 71.1 Å². The third-order valence-corrected chi connectivity index (χ3v) is 4.38. The first kappa shape index (κ1) is 12.7. The lowest BCUT2D eigenvalue weighted by Gasteiger charge is -2.29. The van der Waals surface area contributed by atoms with E-state index in [0.717, 1.165) is 23.4 Å². The number of rotatable bonds is 4. The minimum absolute atomic E-state index is 0.125. The summed E-state index contributed by atoms with van der Waals surface area (Å²) in [5.74, 6) is 0.0812. The summed E-state index contributed by atoms with van der Waals surface area (Å²) in [5.41, 5.74) is 1.87. The third-order valence-electron chi connectivity index (χ3n) is 4.38. The average molecular weight is 287 g/mol. The molecule has 0 spiro atoms. The smallest absolute Gasteiger partial charge is 0.316 e. The van der Waals surface area contributed by atoms with Gasteiger partial charge >= 0.3 is 5.97 Å². The molecule has 2 bridgehead atoms. The average Bonchev–Trinajstić information content (AvgIpc) is 3.25. The molecule has 5 heteroatoms. The highest BCUT2D eigenvalue weighted by Gasteiger charge is 2.53. The Morgan fingerprint density at radius 3 is 2.95 bits per heavy atom. The number of esters is 1. The van der Waals surface area contributed by atoms with E-state index in [-0.39, 0.29) is 30.8 Å². The van der Waals surface area contributed by atoms with Crippen molar-refractivity contribution in [2.45, 2.75) is 37.0 Å². The van der Waals surface area contributed by atoms with Crippen molar-refractivity contribution in [1.29, 1.82) is 0 Å². The molecule has 0 aromatic heterocycles. The highest BCUT2D eigenvalue weighted by atomic mass is 16.6. The number of aliphatic hydroxyl groups is 1. The normalized spacial score (nSPS) is 30.0. The Labute approximate surface area is 122 Å². The van der Waals surface area contributed by atoms with Gasteiger partial charge in [0.15, 0.2) is 11.9 Å². The molecule has 5 nitrogen and oxygen atoms in total. The quantitative estimate of drug-likeness (QED) is 0.640. The van der Waals surface area contributed by atoms with Crippen molar-refractivity contribution >= 4 is 5.97 Å². The monoisotopic (exact) mass is 287 g/mol. The summed E-state index contributed by atoms with van der Waals surface area (Å²) < 4.78 is 11.1. The number of ether oxygens (including phenoxy) is 2. The lowest BCUT2D eigenvalue weighted by molar-refractivity contribution is -0.153. The van der Waals surface area contributed by atoms with E-state index in [1.165, 1.54) is 0 Å². The fourth-order valence-electron chi connectivity index (χ4n) is 3.25. The van der Waals surface area contributed by atoms with E-state index in [2.05, 4.69) is 5.32 Å². The highest BCUT2D eigenvalue weighted by Crippen LogP contribution is 2.45.